The summed E-state index contributed by atoms with van der Waals surface area (Å²) in [4.78, 5) is 0. The molecule has 2 N–H and O–H groups in total. The molecule has 2 aliphatic rings. The number of para-hydroxylation sites is 1. The zero-order valence-corrected chi connectivity index (χ0v) is 11.9. The molecule has 0 saturated heterocycles. The highest BCUT2D eigenvalue weighted by Gasteiger charge is 2.22. The molecule has 1 aromatic carbocycles. The van der Waals surface area contributed by atoms with E-state index in [-0.39, 0.29) is 6.04 Å². The lowest BCUT2D eigenvalue weighted by molar-refractivity contribution is 0.169. The Balaban J connectivity index is 1.87. The van der Waals surface area contributed by atoms with Gasteiger partial charge in [-0.2, -0.15) is 0 Å². The SMILES string of the molecule is NC(/C1=C/CCCCCC1)c1cccc2c1OCCO2. The number of rotatable bonds is 2. The highest BCUT2D eigenvalue weighted by Crippen LogP contribution is 2.39. The van der Waals surface area contributed by atoms with Crippen LogP contribution in [-0.4, -0.2) is 13.2 Å². The van der Waals surface area contributed by atoms with Crippen molar-refractivity contribution in [2.75, 3.05) is 13.2 Å². The Bertz CT molecular complexity index is 496. The molecule has 0 bridgehead atoms. The Morgan fingerprint density at radius 3 is 2.80 bits per heavy atom. The van der Waals surface area contributed by atoms with Gasteiger partial charge in [0.2, 0.25) is 0 Å². The van der Waals surface area contributed by atoms with Gasteiger partial charge in [-0.05, 0) is 31.7 Å². The monoisotopic (exact) mass is 273 g/mol. The molecule has 1 aliphatic carbocycles. The molecular weight excluding hydrogens is 250 g/mol. The molecule has 3 rings (SSSR count). The third-order valence-corrected chi connectivity index (χ3v) is 4.16. The first-order valence-corrected chi connectivity index (χ1v) is 7.69. The zero-order valence-electron chi connectivity index (χ0n) is 11.9. The number of fused-ring (bicyclic) bond motifs is 1. The molecule has 0 fully saturated rings. The standard InChI is InChI=1S/C17H23NO2/c18-16(13-7-4-2-1-3-5-8-13)14-9-6-10-15-17(14)20-12-11-19-15/h6-7,9-10,16H,1-5,8,11-12,18H2/b13-7+. The Morgan fingerprint density at radius 1 is 1.00 bits per heavy atom. The van der Waals surface area contributed by atoms with Crippen LogP contribution >= 0.6 is 0 Å². The summed E-state index contributed by atoms with van der Waals surface area (Å²) in [6.45, 7) is 1.23. The van der Waals surface area contributed by atoms with Gasteiger partial charge in [0.05, 0.1) is 6.04 Å². The van der Waals surface area contributed by atoms with E-state index in [2.05, 4.69) is 12.1 Å². The second-order valence-corrected chi connectivity index (χ2v) is 5.58. The summed E-state index contributed by atoms with van der Waals surface area (Å²) in [5, 5.41) is 0. The van der Waals surface area contributed by atoms with E-state index in [9.17, 15) is 0 Å². The summed E-state index contributed by atoms with van der Waals surface area (Å²) in [5.74, 6) is 1.67. The van der Waals surface area contributed by atoms with Gasteiger partial charge >= 0.3 is 0 Å². The van der Waals surface area contributed by atoms with Crippen molar-refractivity contribution in [1.82, 2.24) is 0 Å². The minimum atomic E-state index is -0.0650. The summed E-state index contributed by atoms with van der Waals surface area (Å²) in [6, 6.07) is 5.96. The first kappa shape index (κ1) is 13.5. The van der Waals surface area contributed by atoms with Crippen LogP contribution in [0.25, 0.3) is 0 Å². The van der Waals surface area contributed by atoms with Gasteiger partial charge in [-0.3, -0.25) is 0 Å². The Kier molecular flexibility index (Phi) is 4.26. The van der Waals surface area contributed by atoms with Crippen LogP contribution in [0.2, 0.25) is 0 Å². The molecule has 1 heterocycles. The lowest BCUT2D eigenvalue weighted by Crippen LogP contribution is -2.20. The Labute approximate surface area is 120 Å². The lowest BCUT2D eigenvalue weighted by Gasteiger charge is -2.25. The zero-order chi connectivity index (χ0) is 13.8. The van der Waals surface area contributed by atoms with E-state index in [0.717, 1.165) is 29.9 Å². The largest absolute Gasteiger partial charge is 0.486 e. The van der Waals surface area contributed by atoms with Crippen LogP contribution in [0.3, 0.4) is 0 Å². The highest BCUT2D eigenvalue weighted by molar-refractivity contribution is 5.50. The molecule has 1 unspecified atom stereocenters. The first-order valence-electron chi connectivity index (χ1n) is 7.69. The van der Waals surface area contributed by atoms with Crippen molar-refractivity contribution in [2.45, 2.75) is 44.6 Å². The van der Waals surface area contributed by atoms with Gasteiger partial charge in [0, 0.05) is 5.56 Å². The van der Waals surface area contributed by atoms with Crippen LogP contribution in [0.15, 0.2) is 29.8 Å². The van der Waals surface area contributed by atoms with Gasteiger partial charge < -0.3 is 15.2 Å². The number of hydrogen-bond acceptors (Lipinski definition) is 3. The molecular formula is C17H23NO2. The van der Waals surface area contributed by atoms with Crippen molar-refractivity contribution in [2.24, 2.45) is 5.73 Å². The van der Waals surface area contributed by atoms with Crippen LogP contribution in [0, 0.1) is 0 Å². The van der Waals surface area contributed by atoms with Crippen LogP contribution < -0.4 is 15.2 Å². The van der Waals surface area contributed by atoms with E-state index >= 15 is 0 Å². The van der Waals surface area contributed by atoms with Crippen molar-refractivity contribution in [3.05, 3.63) is 35.4 Å². The van der Waals surface area contributed by atoms with Gasteiger partial charge in [0.25, 0.3) is 0 Å². The maximum absolute atomic E-state index is 6.51. The van der Waals surface area contributed by atoms with Crippen molar-refractivity contribution in [1.29, 1.82) is 0 Å². The van der Waals surface area contributed by atoms with Gasteiger partial charge in [-0.25, -0.2) is 0 Å². The average Bonchev–Trinajstić information content (AvgIpc) is 2.46. The minimum Gasteiger partial charge on any atom is -0.486 e. The number of benzene rings is 1. The molecule has 0 aromatic heterocycles. The molecule has 1 aliphatic heterocycles. The summed E-state index contributed by atoms with van der Waals surface area (Å²) in [5.41, 5.74) is 8.93. The average molecular weight is 273 g/mol. The molecule has 0 saturated carbocycles. The topological polar surface area (TPSA) is 44.5 Å². The highest BCUT2D eigenvalue weighted by atomic mass is 16.6. The smallest absolute Gasteiger partial charge is 0.166 e. The second kappa shape index (κ2) is 6.31. The fraction of sp³-hybridized carbons (Fsp3) is 0.529. The molecule has 0 spiro atoms. The lowest BCUT2D eigenvalue weighted by atomic mass is 9.91. The first-order chi connectivity index (χ1) is 9.86. The molecule has 0 radical (unpaired) electrons. The van der Waals surface area contributed by atoms with Gasteiger partial charge in [-0.15, -0.1) is 0 Å². The summed E-state index contributed by atoms with van der Waals surface area (Å²) < 4.78 is 11.4. The molecule has 0 amide bonds. The van der Waals surface area contributed by atoms with Crippen LogP contribution in [-0.2, 0) is 0 Å². The Hall–Kier alpha value is -1.48. The number of nitrogens with two attached hydrogens (primary N) is 1. The molecule has 108 valence electrons. The van der Waals surface area contributed by atoms with Crippen molar-refractivity contribution in [3.8, 4) is 11.5 Å². The van der Waals surface area contributed by atoms with Crippen LogP contribution in [0.4, 0.5) is 0 Å². The Morgan fingerprint density at radius 2 is 1.85 bits per heavy atom. The molecule has 3 heteroatoms. The summed E-state index contributed by atoms with van der Waals surface area (Å²) >= 11 is 0. The summed E-state index contributed by atoms with van der Waals surface area (Å²) in [7, 11) is 0. The molecule has 1 aromatic rings. The van der Waals surface area contributed by atoms with Crippen molar-refractivity contribution in [3.63, 3.8) is 0 Å². The third kappa shape index (κ3) is 2.83. The fourth-order valence-corrected chi connectivity index (χ4v) is 3.04. The quantitative estimate of drug-likeness (QED) is 0.835. The van der Waals surface area contributed by atoms with E-state index in [1.165, 1.54) is 31.3 Å². The normalized spacial score (nSPS) is 23.1. The number of hydrogen-bond donors (Lipinski definition) is 1. The number of ether oxygens (including phenoxy) is 2. The van der Waals surface area contributed by atoms with E-state index in [1.54, 1.807) is 0 Å². The van der Waals surface area contributed by atoms with E-state index < -0.39 is 0 Å². The summed E-state index contributed by atoms with van der Waals surface area (Å²) in [6.07, 6.45) is 9.77. The molecule has 20 heavy (non-hydrogen) atoms. The van der Waals surface area contributed by atoms with Crippen LogP contribution in [0.5, 0.6) is 11.5 Å². The predicted molar refractivity (Wildman–Crippen MR) is 80.1 cm³/mol. The molecule has 3 nitrogen and oxygen atoms in total. The van der Waals surface area contributed by atoms with Crippen molar-refractivity contribution >= 4 is 0 Å². The second-order valence-electron chi connectivity index (χ2n) is 5.58. The molecule has 1 atom stereocenters. The van der Waals surface area contributed by atoms with Gasteiger partial charge in [0.1, 0.15) is 13.2 Å². The minimum absolute atomic E-state index is 0.0650. The maximum atomic E-state index is 6.51. The number of allylic oxidation sites excluding steroid dienone is 1. The van der Waals surface area contributed by atoms with Gasteiger partial charge in [-0.1, -0.05) is 36.6 Å². The van der Waals surface area contributed by atoms with Crippen LogP contribution in [0.1, 0.15) is 50.1 Å². The van der Waals surface area contributed by atoms with Gasteiger partial charge in [0.15, 0.2) is 11.5 Å². The van der Waals surface area contributed by atoms with E-state index in [1.807, 2.05) is 12.1 Å². The fourth-order valence-electron chi connectivity index (χ4n) is 3.04. The third-order valence-electron chi connectivity index (χ3n) is 4.16. The van der Waals surface area contributed by atoms with Crippen molar-refractivity contribution < 1.29 is 9.47 Å². The van der Waals surface area contributed by atoms with E-state index in [0.29, 0.717) is 13.2 Å². The predicted octanol–water partition coefficient (Wildman–Crippen LogP) is 3.74. The van der Waals surface area contributed by atoms with E-state index in [4.69, 9.17) is 15.2 Å². The maximum Gasteiger partial charge on any atom is 0.166 e.